The van der Waals surface area contributed by atoms with Gasteiger partial charge in [0.2, 0.25) is 0 Å². The number of hydrogen-bond acceptors (Lipinski definition) is 7. The van der Waals surface area contributed by atoms with Crippen molar-refractivity contribution in [2.24, 2.45) is 0 Å². The summed E-state index contributed by atoms with van der Waals surface area (Å²) in [6, 6.07) is 10.9. The molecule has 0 spiro atoms. The zero-order valence-corrected chi connectivity index (χ0v) is 13.7. The van der Waals surface area contributed by atoms with Crippen LogP contribution in [-0.2, 0) is 4.79 Å². The summed E-state index contributed by atoms with van der Waals surface area (Å²) in [5.41, 5.74) is 2.15. The van der Waals surface area contributed by atoms with Crippen LogP contribution in [0.1, 0.15) is 5.56 Å². The van der Waals surface area contributed by atoms with E-state index in [0.717, 1.165) is 11.3 Å². The molecule has 1 heterocycles. The number of tetrazole rings is 1. The van der Waals surface area contributed by atoms with E-state index in [1.807, 2.05) is 6.92 Å². The number of anilines is 1. The lowest BCUT2D eigenvalue weighted by atomic mass is 10.2. The average molecular weight is 354 g/mol. The van der Waals surface area contributed by atoms with Gasteiger partial charge in [-0.1, -0.05) is 6.07 Å². The molecule has 0 fully saturated rings. The summed E-state index contributed by atoms with van der Waals surface area (Å²) in [5.74, 6) is -0.134. The molecule has 3 rings (SSSR count). The Morgan fingerprint density at radius 2 is 2.15 bits per heavy atom. The third kappa shape index (κ3) is 3.98. The number of ether oxygens (including phenoxy) is 1. The third-order valence-electron chi connectivity index (χ3n) is 3.47. The number of nitro benzene ring substituents is 1. The fraction of sp³-hybridized carbons (Fsp3) is 0.125. The van der Waals surface area contributed by atoms with Crippen LogP contribution in [0.2, 0.25) is 0 Å². The first kappa shape index (κ1) is 17.0. The van der Waals surface area contributed by atoms with Crippen LogP contribution in [0.15, 0.2) is 48.8 Å². The summed E-state index contributed by atoms with van der Waals surface area (Å²) in [6.07, 6.45) is 1.48. The SMILES string of the molecule is Cc1cc(NC(=O)COc2cccc([N+](=O)[O-])c2)ccc1-n1cnnn1. The lowest BCUT2D eigenvalue weighted by Gasteiger charge is -2.10. The number of carbonyl (C=O) groups excluding carboxylic acids is 1. The van der Waals surface area contributed by atoms with Crippen LogP contribution in [0, 0.1) is 17.0 Å². The highest BCUT2D eigenvalue weighted by Gasteiger charge is 2.10. The molecule has 0 atom stereocenters. The molecule has 1 amide bonds. The second-order valence-electron chi connectivity index (χ2n) is 5.35. The van der Waals surface area contributed by atoms with E-state index >= 15 is 0 Å². The van der Waals surface area contributed by atoms with E-state index in [9.17, 15) is 14.9 Å². The monoisotopic (exact) mass is 354 g/mol. The van der Waals surface area contributed by atoms with Gasteiger partial charge in [0.05, 0.1) is 16.7 Å². The van der Waals surface area contributed by atoms with Crippen molar-refractivity contribution in [1.82, 2.24) is 20.2 Å². The minimum Gasteiger partial charge on any atom is -0.484 e. The zero-order valence-electron chi connectivity index (χ0n) is 13.7. The molecule has 0 aliphatic carbocycles. The molecule has 0 saturated heterocycles. The van der Waals surface area contributed by atoms with Gasteiger partial charge in [-0.05, 0) is 47.2 Å². The molecular formula is C16H14N6O4. The van der Waals surface area contributed by atoms with Crippen LogP contribution in [0.25, 0.3) is 5.69 Å². The molecule has 1 N–H and O–H groups in total. The Balaban J connectivity index is 1.61. The van der Waals surface area contributed by atoms with E-state index in [0.29, 0.717) is 5.69 Å². The quantitative estimate of drug-likeness (QED) is 0.529. The van der Waals surface area contributed by atoms with Gasteiger partial charge in [-0.25, -0.2) is 4.68 Å². The van der Waals surface area contributed by atoms with Crippen molar-refractivity contribution < 1.29 is 14.5 Å². The molecule has 3 aromatic rings. The molecule has 10 heteroatoms. The molecule has 10 nitrogen and oxygen atoms in total. The topological polar surface area (TPSA) is 125 Å². The molecule has 0 saturated carbocycles. The fourth-order valence-electron chi connectivity index (χ4n) is 2.29. The van der Waals surface area contributed by atoms with Crippen LogP contribution in [0.4, 0.5) is 11.4 Å². The first-order valence-electron chi connectivity index (χ1n) is 7.54. The maximum atomic E-state index is 12.0. The Hall–Kier alpha value is -3.82. The van der Waals surface area contributed by atoms with E-state index in [-0.39, 0.29) is 24.0 Å². The molecule has 132 valence electrons. The van der Waals surface area contributed by atoms with Crippen LogP contribution in [0.3, 0.4) is 0 Å². The predicted molar refractivity (Wildman–Crippen MR) is 91.1 cm³/mol. The van der Waals surface area contributed by atoms with Crippen molar-refractivity contribution in [2.45, 2.75) is 6.92 Å². The van der Waals surface area contributed by atoms with Crippen LogP contribution < -0.4 is 10.1 Å². The van der Waals surface area contributed by atoms with E-state index in [2.05, 4.69) is 20.8 Å². The number of hydrogen-bond donors (Lipinski definition) is 1. The summed E-state index contributed by atoms with van der Waals surface area (Å²) in [7, 11) is 0. The summed E-state index contributed by atoms with van der Waals surface area (Å²) in [5, 5.41) is 24.4. The van der Waals surface area contributed by atoms with Crippen LogP contribution in [-0.4, -0.2) is 37.6 Å². The van der Waals surface area contributed by atoms with Gasteiger partial charge < -0.3 is 10.1 Å². The Bertz CT molecular complexity index is 942. The van der Waals surface area contributed by atoms with Crippen molar-refractivity contribution in [3.8, 4) is 11.4 Å². The number of rotatable bonds is 6. The van der Waals surface area contributed by atoms with Crippen molar-refractivity contribution in [2.75, 3.05) is 11.9 Å². The second kappa shape index (κ2) is 7.38. The number of carbonyl (C=O) groups is 1. The fourth-order valence-corrected chi connectivity index (χ4v) is 2.29. The largest absolute Gasteiger partial charge is 0.484 e. The lowest BCUT2D eigenvalue weighted by Crippen LogP contribution is -2.20. The maximum absolute atomic E-state index is 12.0. The van der Waals surface area contributed by atoms with Crippen molar-refractivity contribution >= 4 is 17.3 Å². The van der Waals surface area contributed by atoms with Gasteiger partial charge in [0, 0.05) is 11.8 Å². The van der Waals surface area contributed by atoms with Gasteiger partial charge in [-0.15, -0.1) is 5.10 Å². The highest BCUT2D eigenvalue weighted by molar-refractivity contribution is 5.92. The van der Waals surface area contributed by atoms with Gasteiger partial charge in [-0.2, -0.15) is 0 Å². The summed E-state index contributed by atoms with van der Waals surface area (Å²) in [4.78, 5) is 22.2. The number of nitrogens with zero attached hydrogens (tertiary/aromatic N) is 5. The molecular weight excluding hydrogens is 340 g/mol. The first-order valence-corrected chi connectivity index (χ1v) is 7.54. The van der Waals surface area contributed by atoms with Gasteiger partial charge in [-0.3, -0.25) is 14.9 Å². The molecule has 0 aliphatic heterocycles. The number of benzene rings is 2. The number of amides is 1. The Morgan fingerprint density at radius 3 is 2.85 bits per heavy atom. The summed E-state index contributed by atoms with van der Waals surface area (Å²) < 4.78 is 6.82. The van der Waals surface area contributed by atoms with Gasteiger partial charge in [0.25, 0.3) is 11.6 Å². The second-order valence-corrected chi connectivity index (χ2v) is 5.35. The zero-order chi connectivity index (χ0) is 18.5. The molecule has 2 aromatic carbocycles. The highest BCUT2D eigenvalue weighted by Crippen LogP contribution is 2.20. The summed E-state index contributed by atoms with van der Waals surface area (Å²) >= 11 is 0. The summed E-state index contributed by atoms with van der Waals surface area (Å²) in [6.45, 7) is 1.60. The Labute approximate surface area is 147 Å². The van der Waals surface area contributed by atoms with Crippen molar-refractivity contribution in [1.29, 1.82) is 0 Å². The van der Waals surface area contributed by atoms with Gasteiger partial charge in [0.1, 0.15) is 12.1 Å². The lowest BCUT2D eigenvalue weighted by molar-refractivity contribution is -0.384. The molecule has 0 unspecified atom stereocenters. The highest BCUT2D eigenvalue weighted by atomic mass is 16.6. The van der Waals surface area contributed by atoms with Crippen molar-refractivity contribution in [3.63, 3.8) is 0 Å². The number of non-ortho nitro benzene ring substituents is 1. The minimum absolute atomic E-state index is 0.100. The number of aryl methyl sites for hydroxylation is 1. The van der Waals surface area contributed by atoms with E-state index < -0.39 is 4.92 Å². The molecule has 0 bridgehead atoms. The van der Waals surface area contributed by atoms with E-state index in [1.165, 1.54) is 29.2 Å². The molecule has 1 aromatic heterocycles. The van der Waals surface area contributed by atoms with Gasteiger partial charge in [0.15, 0.2) is 6.61 Å². The van der Waals surface area contributed by atoms with E-state index in [1.54, 1.807) is 24.3 Å². The maximum Gasteiger partial charge on any atom is 0.273 e. The van der Waals surface area contributed by atoms with Crippen molar-refractivity contribution in [3.05, 3.63) is 64.5 Å². The predicted octanol–water partition coefficient (Wildman–Crippen LogP) is 1.90. The van der Waals surface area contributed by atoms with Crippen LogP contribution >= 0.6 is 0 Å². The minimum atomic E-state index is -0.526. The molecule has 26 heavy (non-hydrogen) atoms. The number of nitro groups is 1. The van der Waals surface area contributed by atoms with Gasteiger partial charge >= 0.3 is 0 Å². The Morgan fingerprint density at radius 1 is 1.31 bits per heavy atom. The normalized spacial score (nSPS) is 10.3. The number of aromatic nitrogens is 4. The first-order chi connectivity index (χ1) is 12.5. The number of nitrogens with one attached hydrogen (secondary N) is 1. The Kier molecular flexibility index (Phi) is 4.83. The standard InChI is InChI=1S/C16H14N6O4/c1-11-7-12(5-6-15(11)21-10-17-19-20-21)18-16(23)9-26-14-4-2-3-13(8-14)22(24)25/h2-8,10H,9H2,1H3,(H,18,23). The molecule has 0 aliphatic rings. The average Bonchev–Trinajstić information content (AvgIpc) is 3.14. The smallest absolute Gasteiger partial charge is 0.273 e. The van der Waals surface area contributed by atoms with E-state index in [4.69, 9.17) is 4.74 Å². The van der Waals surface area contributed by atoms with Crippen LogP contribution in [0.5, 0.6) is 5.75 Å². The molecule has 0 radical (unpaired) electrons. The third-order valence-corrected chi connectivity index (χ3v) is 3.47.